The van der Waals surface area contributed by atoms with Gasteiger partial charge >= 0.3 is 0 Å². The molecular weight excluding hydrogens is 352 g/mol. The Morgan fingerprint density at radius 3 is 2.62 bits per heavy atom. The van der Waals surface area contributed by atoms with E-state index in [1.807, 2.05) is 24.3 Å². The molecule has 2 heterocycles. The number of aliphatic imine (C=N–C) groups is 1. The van der Waals surface area contributed by atoms with Gasteiger partial charge in [-0.2, -0.15) is 0 Å². The van der Waals surface area contributed by atoms with Gasteiger partial charge in [0.2, 0.25) is 0 Å². The van der Waals surface area contributed by atoms with Crippen molar-refractivity contribution in [1.29, 1.82) is 0 Å². The summed E-state index contributed by atoms with van der Waals surface area (Å²) in [5, 5.41) is 0.761. The highest BCUT2D eigenvalue weighted by Gasteiger charge is 2.18. The second-order valence-corrected chi connectivity index (χ2v) is 6.61. The number of hydrogen-bond donors (Lipinski definition) is 1. The minimum Gasteiger partial charge on any atom is -0.467 e. The van der Waals surface area contributed by atoms with E-state index in [0.29, 0.717) is 25.7 Å². The first kappa shape index (κ1) is 18.6. The lowest BCUT2D eigenvalue weighted by Gasteiger charge is -2.36. The summed E-state index contributed by atoms with van der Waals surface area (Å²) in [6.07, 6.45) is 2.49. The van der Waals surface area contributed by atoms with E-state index in [1.54, 1.807) is 6.26 Å². The number of anilines is 1. The van der Waals surface area contributed by atoms with Gasteiger partial charge in [0.05, 0.1) is 6.26 Å². The summed E-state index contributed by atoms with van der Waals surface area (Å²) in [4.78, 5) is 8.94. The number of nitrogens with zero attached hydrogens (tertiary/aromatic N) is 3. The van der Waals surface area contributed by atoms with Gasteiger partial charge in [-0.1, -0.05) is 11.6 Å². The maximum absolute atomic E-state index is 6.13. The third-order valence-corrected chi connectivity index (χ3v) is 4.59. The number of rotatable bonds is 7. The van der Waals surface area contributed by atoms with Crippen molar-refractivity contribution >= 4 is 23.2 Å². The molecule has 1 aliphatic rings. The quantitative estimate of drug-likeness (QED) is 0.457. The molecule has 2 aromatic rings. The SMILES string of the molecule is NC(=NCCCOCc1ccco1)N1CCN(c2ccc(Cl)cc2)CC1. The van der Waals surface area contributed by atoms with Gasteiger partial charge in [0.15, 0.2) is 5.96 Å². The molecule has 1 aliphatic heterocycles. The highest BCUT2D eigenvalue weighted by molar-refractivity contribution is 6.30. The topological polar surface area (TPSA) is 67.2 Å². The Labute approximate surface area is 159 Å². The zero-order chi connectivity index (χ0) is 18.2. The molecule has 0 atom stereocenters. The van der Waals surface area contributed by atoms with Crippen LogP contribution in [0.15, 0.2) is 52.1 Å². The lowest BCUT2D eigenvalue weighted by atomic mass is 10.2. The first-order valence-electron chi connectivity index (χ1n) is 8.88. The number of piperazine rings is 1. The second kappa shape index (κ2) is 9.50. The van der Waals surface area contributed by atoms with Gasteiger partial charge in [0, 0.05) is 50.0 Å². The molecule has 0 aliphatic carbocycles. The number of ether oxygens (including phenoxy) is 1. The maximum atomic E-state index is 6.13. The fourth-order valence-corrected chi connectivity index (χ4v) is 3.00. The second-order valence-electron chi connectivity index (χ2n) is 6.18. The van der Waals surface area contributed by atoms with Crippen LogP contribution in [0.25, 0.3) is 0 Å². The normalized spacial score (nSPS) is 15.5. The van der Waals surface area contributed by atoms with Crippen LogP contribution in [0.5, 0.6) is 0 Å². The van der Waals surface area contributed by atoms with Crippen molar-refractivity contribution in [2.75, 3.05) is 44.2 Å². The summed E-state index contributed by atoms with van der Waals surface area (Å²) < 4.78 is 10.8. The molecule has 0 bridgehead atoms. The number of hydrogen-bond acceptors (Lipinski definition) is 4. The molecule has 1 aromatic carbocycles. The van der Waals surface area contributed by atoms with Gasteiger partial charge in [0.1, 0.15) is 12.4 Å². The lowest BCUT2D eigenvalue weighted by Crippen LogP contribution is -2.51. The molecule has 0 spiro atoms. The average Bonchev–Trinajstić information content (AvgIpc) is 3.19. The number of nitrogens with two attached hydrogens (primary N) is 1. The van der Waals surface area contributed by atoms with E-state index in [0.717, 1.165) is 43.4 Å². The fraction of sp³-hybridized carbons (Fsp3) is 0.421. The summed E-state index contributed by atoms with van der Waals surface area (Å²) in [5.41, 5.74) is 7.32. The highest BCUT2D eigenvalue weighted by atomic mass is 35.5. The summed E-state index contributed by atoms with van der Waals surface area (Å²) in [5.74, 6) is 1.46. The van der Waals surface area contributed by atoms with Crippen molar-refractivity contribution in [1.82, 2.24) is 4.90 Å². The predicted molar refractivity (Wildman–Crippen MR) is 105 cm³/mol. The zero-order valence-corrected chi connectivity index (χ0v) is 15.6. The first-order valence-corrected chi connectivity index (χ1v) is 9.26. The lowest BCUT2D eigenvalue weighted by molar-refractivity contribution is 0.105. The van der Waals surface area contributed by atoms with Crippen LogP contribution in [-0.4, -0.2) is 50.2 Å². The van der Waals surface area contributed by atoms with Crippen molar-refractivity contribution in [3.05, 3.63) is 53.4 Å². The molecule has 0 amide bonds. The highest BCUT2D eigenvalue weighted by Crippen LogP contribution is 2.19. The fourth-order valence-electron chi connectivity index (χ4n) is 2.87. The molecule has 3 rings (SSSR count). The molecular formula is C19H25ClN4O2. The van der Waals surface area contributed by atoms with Crippen molar-refractivity contribution in [3.8, 4) is 0 Å². The monoisotopic (exact) mass is 376 g/mol. The standard InChI is InChI=1S/C19H25ClN4O2/c20-16-4-6-17(7-5-16)23-9-11-24(12-10-23)19(21)22-8-2-13-25-15-18-3-1-14-26-18/h1,3-7,14H,2,8-13,15H2,(H2,21,22). The van der Waals surface area contributed by atoms with Crippen LogP contribution in [0.3, 0.4) is 0 Å². The Kier molecular flexibility index (Phi) is 6.80. The molecule has 26 heavy (non-hydrogen) atoms. The van der Waals surface area contributed by atoms with Crippen LogP contribution >= 0.6 is 11.6 Å². The maximum Gasteiger partial charge on any atom is 0.191 e. The Bertz CT molecular complexity index is 680. The molecule has 6 nitrogen and oxygen atoms in total. The van der Waals surface area contributed by atoms with Crippen LogP contribution in [0, 0.1) is 0 Å². The summed E-state index contributed by atoms with van der Waals surface area (Å²) in [6.45, 7) is 5.39. The summed E-state index contributed by atoms with van der Waals surface area (Å²) in [7, 11) is 0. The van der Waals surface area contributed by atoms with E-state index in [-0.39, 0.29) is 0 Å². The van der Waals surface area contributed by atoms with E-state index >= 15 is 0 Å². The Hall–Kier alpha value is -2.18. The predicted octanol–water partition coefficient (Wildman–Crippen LogP) is 2.98. The van der Waals surface area contributed by atoms with Gasteiger partial charge in [0.25, 0.3) is 0 Å². The number of furan rings is 1. The molecule has 1 fully saturated rings. The van der Waals surface area contributed by atoms with E-state index in [1.165, 1.54) is 5.69 Å². The van der Waals surface area contributed by atoms with Crippen LogP contribution in [0.2, 0.25) is 5.02 Å². The smallest absolute Gasteiger partial charge is 0.191 e. The minimum absolute atomic E-state index is 0.499. The van der Waals surface area contributed by atoms with Crippen molar-refractivity contribution in [2.24, 2.45) is 10.7 Å². The van der Waals surface area contributed by atoms with Crippen molar-refractivity contribution in [2.45, 2.75) is 13.0 Å². The minimum atomic E-state index is 0.499. The van der Waals surface area contributed by atoms with E-state index in [4.69, 9.17) is 26.5 Å². The van der Waals surface area contributed by atoms with Crippen LogP contribution < -0.4 is 10.6 Å². The molecule has 2 N–H and O–H groups in total. The van der Waals surface area contributed by atoms with Crippen molar-refractivity contribution < 1.29 is 9.15 Å². The molecule has 0 radical (unpaired) electrons. The number of halogens is 1. The zero-order valence-electron chi connectivity index (χ0n) is 14.8. The van der Waals surface area contributed by atoms with Crippen LogP contribution in [0.1, 0.15) is 12.2 Å². The molecule has 0 saturated carbocycles. The van der Waals surface area contributed by atoms with E-state index in [2.05, 4.69) is 26.9 Å². The Balaban J connectivity index is 1.34. The molecule has 1 saturated heterocycles. The molecule has 0 unspecified atom stereocenters. The molecule has 7 heteroatoms. The third kappa shape index (κ3) is 5.41. The van der Waals surface area contributed by atoms with E-state index < -0.39 is 0 Å². The average molecular weight is 377 g/mol. The largest absolute Gasteiger partial charge is 0.467 e. The third-order valence-electron chi connectivity index (χ3n) is 4.34. The summed E-state index contributed by atoms with van der Waals surface area (Å²) >= 11 is 5.95. The van der Waals surface area contributed by atoms with Gasteiger partial charge < -0.3 is 24.7 Å². The number of guanidine groups is 1. The van der Waals surface area contributed by atoms with Gasteiger partial charge in [-0.25, -0.2) is 0 Å². The van der Waals surface area contributed by atoms with Gasteiger partial charge in [-0.15, -0.1) is 0 Å². The molecule has 1 aromatic heterocycles. The Morgan fingerprint density at radius 2 is 1.92 bits per heavy atom. The van der Waals surface area contributed by atoms with Crippen molar-refractivity contribution in [3.63, 3.8) is 0 Å². The Morgan fingerprint density at radius 1 is 1.15 bits per heavy atom. The van der Waals surface area contributed by atoms with Gasteiger partial charge in [-0.3, -0.25) is 4.99 Å². The van der Waals surface area contributed by atoms with Crippen LogP contribution in [0.4, 0.5) is 5.69 Å². The van der Waals surface area contributed by atoms with Crippen LogP contribution in [-0.2, 0) is 11.3 Å². The number of benzene rings is 1. The first-order chi connectivity index (χ1) is 12.7. The van der Waals surface area contributed by atoms with E-state index in [9.17, 15) is 0 Å². The summed E-state index contributed by atoms with van der Waals surface area (Å²) in [6, 6.07) is 11.7. The van der Waals surface area contributed by atoms with Gasteiger partial charge in [-0.05, 0) is 42.8 Å². The molecule has 140 valence electrons.